The van der Waals surface area contributed by atoms with Gasteiger partial charge in [-0.05, 0) is 67.8 Å². The second-order valence-corrected chi connectivity index (χ2v) is 12.9. The summed E-state index contributed by atoms with van der Waals surface area (Å²) in [6.07, 6.45) is -0.160. The van der Waals surface area contributed by atoms with Crippen LogP contribution in [0, 0.1) is 0 Å². The molecule has 4 rings (SSSR count). The standard InChI is InChI=1S/C30H38N4O5S/c1-20(2)21-9-7-10-24(17-21)40(37,38)34-19-23(15-16-31-29(35)30(3,4)36)39-27-14-13-22(18-26(27)34)25-11-8-12-28(32-25)33(5)6/h7-14,17-18,20,23,36H,15-16,19H2,1-6H3,(H,31,35). The molecular weight excluding hydrogens is 528 g/mol. The largest absolute Gasteiger partial charge is 0.486 e. The summed E-state index contributed by atoms with van der Waals surface area (Å²) in [5, 5.41) is 12.6. The molecule has 0 spiro atoms. The number of carbonyl (C=O) groups excluding carboxylic acids is 1. The first-order valence-electron chi connectivity index (χ1n) is 13.4. The van der Waals surface area contributed by atoms with Gasteiger partial charge in [0.05, 0.1) is 22.8 Å². The summed E-state index contributed by atoms with van der Waals surface area (Å²) in [5.74, 6) is 0.882. The zero-order valence-electron chi connectivity index (χ0n) is 23.9. The van der Waals surface area contributed by atoms with E-state index in [2.05, 4.69) is 5.32 Å². The number of rotatable bonds is 9. The number of aliphatic hydroxyl groups is 1. The van der Waals surface area contributed by atoms with Crippen molar-refractivity contribution >= 4 is 27.4 Å². The highest BCUT2D eigenvalue weighted by molar-refractivity contribution is 7.92. The monoisotopic (exact) mass is 566 g/mol. The normalized spacial score (nSPS) is 15.4. The molecule has 1 aromatic heterocycles. The average Bonchev–Trinajstić information content (AvgIpc) is 2.91. The van der Waals surface area contributed by atoms with Gasteiger partial charge >= 0.3 is 0 Å². The molecule has 1 aliphatic heterocycles. The Balaban J connectivity index is 1.72. The Labute approximate surface area is 236 Å². The number of nitrogens with one attached hydrogen (secondary N) is 1. The zero-order chi connectivity index (χ0) is 29.2. The molecule has 0 saturated heterocycles. The molecule has 40 heavy (non-hydrogen) atoms. The minimum atomic E-state index is -3.95. The maximum absolute atomic E-state index is 14.1. The lowest BCUT2D eigenvalue weighted by Crippen LogP contribution is -2.46. The van der Waals surface area contributed by atoms with Crippen LogP contribution in [0.3, 0.4) is 0 Å². The van der Waals surface area contributed by atoms with E-state index < -0.39 is 27.6 Å². The number of fused-ring (bicyclic) bond motifs is 1. The number of amides is 1. The fourth-order valence-electron chi connectivity index (χ4n) is 4.41. The molecule has 2 N–H and O–H groups in total. The number of ether oxygens (including phenoxy) is 1. The van der Waals surface area contributed by atoms with Crippen LogP contribution in [-0.4, -0.2) is 63.3 Å². The number of carbonyl (C=O) groups is 1. The van der Waals surface area contributed by atoms with E-state index in [1.165, 1.54) is 18.2 Å². The lowest BCUT2D eigenvalue weighted by molar-refractivity contribution is -0.136. The highest BCUT2D eigenvalue weighted by Crippen LogP contribution is 2.40. The van der Waals surface area contributed by atoms with Crippen LogP contribution in [0.5, 0.6) is 5.75 Å². The number of anilines is 2. The molecule has 1 unspecified atom stereocenters. The first kappa shape index (κ1) is 29.4. The Bertz CT molecular complexity index is 1480. The summed E-state index contributed by atoms with van der Waals surface area (Å²) in [6, 6.07) is 18.2. The first-order valence-corrected chi connectivity index (χ1v) is 14.8. The van der Waals surface area contributed by atoms with E-state index in [4.69, 9.17) is 9.72 Å². The highest BCUT2D eigenvalue weighted by atomic mass is 32.2. The van der Waals surface area contributed by atoms with Crippen molar-refractivity contribution in [1.29, 1.82) is 0 Å². The molecule has 3 aromatic rings. The predicted molar refractivity (Wildman–Crippen MR) is 157 cm³/mol. The summed E-state index contributed by atoms with van der Waals surface area (Å²) in [5.41, 5.74) is 1.33. The van der Waals surface area contributed by atoms with Crippen LogP contribution in [0.15, 0.2) is 65.6 Å². The van der Waals surface area contributed by atoms with Crippen molar-refractivity contribution < 1.29 is 23.1 Å². The highest BCUT2D eigenvalue weighted by Gasteiger charge is 2.35. The van der Waals surface area contributed by atoms with Gasteiger partial charge in [0.1, 0.15) is 23.3 Å². The fourth-order valence-corrected chi connectivity index (χ4v) is 5.96. The van der Waals surface area contributed by atoms with Crippen molar-refractivity contribution in [2.45, 2.75) is 56.6 Å². The molecule has 0 radical (unpaired) electrons. The van der Waals surface area contributed by atoms with Crippen LogP contribution in [0.1, 0.15) is 45.6 Å². The Hall–Kier alpha value is -3.63. The third-order valence-electron chi connectivity index (χ3n) is 6.80. The van der Waals surface area contributed by atoms with Gasteiger partial charge in [0.25, 0.3) is 15.9 Å². The molecule has 10 heteroatoms. The first-order chi connectivity index (χ1) is 18.8. The van der Waals surface area contributed by atoms with Gasteiger partial charge in [0.2, 0.25) is 0 Å². The molecule has 0 aliphatic carbocycles. The predicted octanol–water partition coefficient (Wildman–Crippen LogP) is 4.17. The molecule has 214 valence electrons. The summed E-state index contributed by atoms with van der Waals surface area (Å²) in [6.45, 7) is 7.16. The average molecular weight is 567 g/mol. The number of nitrogens with zero attached hydrogens (tertiary/aromatic N) is 3. The summed E-state index contributed by atoms with van der Waals surface area (Å²) >= 11 is 0. The van der Waals surface area contributed by atoms with Gasteiger partial charge in [0, 0.05) is 32.6 Å². The number of sulfonamides is 1. The van der Waals surface area contributed by atoms with Crippen LogP contribution in [0.2, 0.25) is 0 Å². The van der Waals surface area contributed by atoms with Gasteiger partial charge in [-0.25, -0.2) is 13.4 Å². The van der Waals surface area contributed by atoms with Gasteiger partial charge in [0.15, 0.2) is 0 Å². The van der Waals surface area contributed by atoms with Crippen molar-refractivity contribution in [3.63, 3.8) is 0 Å². The second kappa shape index (κ2) is 11.5. The minimum Gasteiger partial charge on any atom is -0.486 e. The lowest BCUT2D eigenvalue weighted by atomic mass is 10.0. The SMILES string of the molecule is CC(C)c1cccc(S(=O)(=O)N2CC(CCNC(=O)C(C)(C)O)Oc3ccc(-c4cccc(N(C)C)n4)cc32)c1. The third kappa shape index (κ3) is 6.39. The van der Waals surface area contributed by atoms with Crippen LogP contribution in [0.4, 0.5) is 11.5 Å². The van der Waals surface area contributed by atoms with E-state index in [0.29, 0.717) is 23.6 Å². The van der Waals surface area contributed by atoms with E-state index >= 15 is 0 Å². The van der Waals surface area contributed by atoms with Gasteiger partial charge in [-0.2, -0.15) is 0 Å². The molecule has 0 fully saturated rings. The van der Waals surface area contributed by atoms with Gasteiger partial charge in [-0.3, -0.25) is 9.10 Å². The maximum Gasteiger partial charge on any atom is 0.264 e. The maximum atomic E-state index is 14.1. The molecule has 2 aromatic carbocycles. The van der Waals surface area contributed by atoms with Crippen LogP contribution in [-0.2, 0) is 14.8 Å². The Morgan fingerprint density at radius 2 is 1.88 bits per heavy atom. The van der Waals surface area contributed by atoms with E-state index in [-0.39, 0.29) is 23.9 Å². The van der Waals surface area contributed by atoms with E-state index in [1.807, 2.05) is 63.2 Å². The molecule has 1 amide bonds. The molecule has 1 aliphatic rings. The van der Waals surface area contributed by atoms with Crippen molar-refractivity contribution in [3.05, 3.63) is 66.2 Å². The van der Waals surface area contributed by atoms with Gasteiger partial charge in [-0.15, -0.1) is 0 Å². The quantitative estimate of drug-likeness (QED) is 0.400. The van der Waals surface area contributed by atoms with Crippen molar-refractivity contribution in [1.82, 2.24) is 10.3 Å². The van der Waals surface area contributed by atoms with Crippen LogP contribution in [0.25, 0.3) is 11.3 Å². The molecule has 2 heterocycles. The summed E-state index contributed by atoms with van der Waals surface area (Å²) in [4.78, 5) is 19.0. The molecule has 1 atom stereocenters. The van der Waals surface area contributed by atoms with Crippen molar-refractivity contribution in [2.75, 3.05) is 36.4 Å². The van der Waals surface area contributed by atoms with Crippen LogP contribution >= 0.6 is 0 Å². The molecule has 0 saturated carbocycles. The number of benzene rings is 2. The Morgan fingerprint density at radius 3 is 2.55 bits per heavy atom. The lowest BCUT2D eigenvalue weighted by Gasteiger charge is -2.36. The summed E-state index contributed by atoms with van der Waals surface area (Å²) in [7, 11) is -0.126. The number of hydrogen-bond donors (Lipinski definition) is 2. The van der Waals surface area contributed by atoms with Crippen molar-refractivity contribution in [2.24, 2.45) is 0 Å². The van der Waals surface area contributed by atoms with Gasteiger partial charge in [-0.1, -0.05) is 32.0 Å². The summed E-state index contributed by atoms with van der Waals surface area (Å²) < 4.78 is 35.9. The molecule has 0 bridgehead atoms. The number of aromatic nitrogens is 1. The second-order valence-electron chi connectivity index (χ2n) is 11.1. The van der Waals surface area contributed by atoms with E-state index in [9.17, 15) is 18.3 Å². The van der Waals surface area contributed by atoms with Crippen LogP contribution < -0.4 is 19.3 Å². The smallest absolute Gasteiger partial charge is 0.264 e. The third-order valence-corrected chi connectivity index (χ3v) is 8.58. The Kier molecular flexibility index (Phi) is 8.41. The minimum absolute atomic E-state index is 0.0637. The van der Waals surface area contributed by atoms with E-state index in [1.54, 1.807) is 30.3 Å². The topological polar surface area (TPSA) is 112 Å². The van der Waals surface area contributed by atoms with Crippen molar-refractivity contribution in [3.8, 4) is 17.0 Å². The fraction of sp³-hybridized carbons (Fsp3) is 0.400. The molecular formula is C30H38N4O5S. The molecule has 9 nitrogen and oxygen atoms in total. The van der Waals surface area contributed by atoms with Gasteiger partial charge < -0.3 is 20.1 Å². The number of hydrogen-bond acceptors (Lipinski definition) is 7. The Morgan fingerprint density at radius 1 is 1.15 bits per heavy atom. The van der Waals surface area contributed by atoms with E-state index in [0.717, 1.165) is 16.9 Å². The number of pyridine rings is 1. The zero-order valence-corrected chi connectivity index (χ0v) is 24.7.